The van der Waals surface area contributed by atoms with Crippen molar-refractivity contribution in [3.63, 3.8) is 0 Å². The molecule has 3 nitrogen and oxygen atoms in total. The van der Waals surface area contributed by atoms with Gasteiger partial charge in [-0.05, 0) is 24.1 Å². The molecule has 4 heteroatoms. The van der Waals surface area contributed by atoms with Gasteiger partial charge in [0.05, 0.1) is 0 Å². The predicted molar refractivity (Wildman–Crippen MR) is 59.9 cm³/mol. The van der Waals surface area contributed by atoms with Gasteiger partial charge in [0.25, 0.3) is 0 Å². The maximum absolute atomic E-state index is 12.9. The van der Waals surface area contributed by atoms with Gasteiger partial charge in [-0.1, -0.05) is 12.1 Å². The van der Waals surface area contributed by atoms with Crippen LogP contribution >= 0.6 is 0 Å². The number of halogens is 1. The Morgan fingerprint density at radius 3 is 2.80 bits per heavy atom. The van der Waals surface area contributed by atoms with Gasteiger partial charge in [0.15, 0.2) is 0 Å². The molecule has 0 fully saturated rings. The van der Waals surface area contributed by atoms with Gasteiger partial charge in [-0.2, -0.15) is 0 Å². The van der Waals surface area contributed by atoms with E-state index in [1.165, 1.54) is 6.07 Å². The van der Waals surface area contributed by atoms with Crippen molar-refractivity contribution < 1.29 is 4.39 Å². The summed E-state index contributed by atoms with van der Waals surface area (Å²) in [6.45, 7) is 3.58. The molecule has 15 heavy (non-hydrogen) atoms. The quantitative estimate of drug-likeness (QED) is 0.665. The van der Waals surface area contributed by atoms with Crippen LogP contribution in [0.1, 0.15) is 11.1 Å². The topological polar surface area (TPSA) is 64.1 Å². The zero-order chi connectivity index (χ0) is 11.3. The lowest BCUT2D eigenvalue weighted by Gasteiger charge is -2.10. The van der Waals surface area contributed by atoms with E-state index >= 15 is 0 Å². The van der Waals surface area contributed by atoms with Crippen molar-refractivity contribution in [1.82, 2.24) is 5.32 Å². The largest absolute Gasteiger partial charge is 0.329 e. The van der Waals surface area contributed by atoms with Gasteiger partial charge in [0.1, 0.15) is 5.82 Å². The minimum absolute atomic E-state index is 0.0217. The van der Waals surface area contributed by atoms with Gasteiger partial charge in [0, 0.05) is 25.7 Å². The van der Waals surface area contributed by atoms with Crippen molar-refractivity contribution in [2.24, 2.45) is 11.5 Å². The molecule has 1 unspecified atom stereocenters. The average molecular weight is 211 g/mol. The first-order valence-electron chi connectivity index (χ1n) is 5.05. The van der Waals surface area contributed by atoms with E-state index in [-0.39, 0.29) is 11.9 Å². The van der Waals surface area contributed by atoms with Crippen LogP contribution in [0.5, 0.6) is 0 Å². The molecule has 0 heterocycles. The smallest absolute Gasteiger partial charge is 0.126 e. The summed E-state index contributed by atoms with van der Waals surface area (Å²) in [5.41, 5.74) is 12.7. The monoisotopic (exact) mass is 211 g/mol. The van der Waals surface area contributed by atoms with Crippen LogP contribution in [0.15, 0.2) is 18.2 Å². The van der Waals surface area contributed by atoms with Crippen LogP contribution in [0.3, 0.4) is 0 Å². The highest BCUT2D eigenvalue weighted by Gasteiger charge is 2.00. The number of hydrogen-bond acceptors (Lipinski definition) is 3. The van der Waals surface area contributed by atoms with Crippen LogP contribution < -0.4 is 16.8 Å². The molecule has 1 atom stereocenters. The highest BCUT2D eigenvalue weighted by atomic mass is 19.1. The number of benzene rings is 1. The molecule has 1 aromatic carbocycles. The number of nitrogens with one attached hydrogen (secondary N) is 1. The molecule has 0 aromatic heterocycles. The highest BCUT2D eigenvalue weighted by molar-refractivity contribution is 5.23. The number of rotatable bonds is 5. The van der Waals surface area contributed by atoms with Crippen LogP contribution in [0, 0.1) is 12.7 Å². The van der Waals surface area contributed by atoms with Crippen LogP contribution in [0.2, 0.25) is 0 Å². The standard InChI is InChI=1S/C11H18FN3/c1-8-4-9(2-3-11(8)12)6-15-7-10(14)5-13/h2-4,10,15H,5-7,13-14H2,1H3. The lowest BCUT2D eigenvalue weighted by atomic mass is 10.1. The molecular weight excluding hydrogens is 193 g/mol. The molecule has 1 aromatic rings. The molecule has 0 radical (unpaired) electrons. The molecule has 0 saturated heterocycles. The van der Waals surface area contributed by atoms with Gasteiger partial charge in [-0.25, -0.2) is 4.39 Å². The molecule has 0 spiro atoms. The minimum atomic E-state index is -0.169. The van der Waals surface area contributed by atoms with Crippen molar-refractivity contribution >= 4 is 0 Å². The van der Waals surface area contributed by atoms with E-state index < -0.39 is 0 Å². The minimum Gasteiger partial charge on any atom is -0.329 e. The highest BCUT2D eigenvalue weighted by Crippen LogP contribution is 2.08. The van der Waals surface area contributed by atoms with E-state index in [1.54, 1.807) is 13.0 Å². The first-order chi connectivity index (χ1) is 7.13. The Balaban J connectivity index is 2.41. The van der Waals surface area contributed by atoms with Gasteiger partial charge in [-0.3, -0.25) is 0 Å². The summed E-state index contributed by atoms with van der Waals surface area (Å²) in [6, 6.07) is 5.06. The Morgan fingerprint density at radius 1 is 1.47 bits per heavy atom. The van der Waals surface area contributed by atoms with Gasteiger partial charge < -0.3 is 16.8 Å². The number of nitrogens with two attached hydrogens (primary N) is 2. The molecule has 1 rings (SSSR count). The molecule has 0 aliphatic rings. The summed E-state index contributed by atoms with van der Waals surface area (Å²) in [5.74, 6) is -0.169. The molecule has 0 bridgehead atoms. The second-order valence-electron chi connectivity index (χ2n) is 3.71. The summed E-state index contributed by atoms with van der Waals surface area (Å²) < 4.78 is 12.9. The zero-order valence-electron chi connectivity index (χ0n) is 8.96. The van der Waals surface area contributed by atoms with E-state index in [2.05, 4.69) is 5.32 Å². The van der Waals surface area contributed by atoms with Crippen molar-refractivity contribution in [3.8, 4) is 0 Å². The third-order valence-electron chi connectivity index (χ3n) is 2.26. The molecule has 5 N–H and O–H groups in total. The van der Waals surface area contributed by atoms with Gasteiger partial charge >= 0.3 is 0 Å². The Bertz CT molecular complexity index is 315. The SMILES string of the molecule is Cc1cc(CNCC(N)CN)ccc1F. The van der Waals surface area contributed by atoms with Crippen LogP contribution in [-0.2, 0) is 6.54 Å². The van der Waals surface area contributed by atoms with Gasteiger partial charge in [0.2, 0.25) is 0 Å². The predicted octanol–water partition coefficient (Wildman–Crippen LogP) is 0.510. The third kappa shape index (κ3) is 3.95. The molecule has 84 valence electrons. The summed E-state index contributed by atoms with van der Waals surface area (Å²) >= 11 is 0. The molecule has 0 aliphatic carbocycles. The van der Waals surface area contributed by atoms with Crippen LogP contribution in [-0.4, -0.2) is 19.1 Å². The van der Waals surface area contributed by atoms with Crippen molar-refractivity contribution in [2.45, 2.75) is 19.5 Å². The van der Waals surface area contributed by atoms with E-state index in [4.69, 9.17) is 11.5 Å². The first kappa shape index (κ1) is 12.1. The fourth-order valence-electron chi connectivity index (χ4n) is 1.30. The Hall–Kier alpha value is -0.970. The average Bonchev–Trinajstić information content (AvgIpc) is 2.23. The van der Waals surface area contributed by atoms with E-state index in [0.29, 0.717) is 25.2 Å². The molecule has 0 amide bonds. The molecule has 0 saturated carbocycles. The lowest BCUT2D eigenvalue weighted by molar-refractivity contribution is 0.579. The fraction of sp³-hybridized carbons (Fsp3) is 0.455. The second-order valence-corrected chi connectivity index (χ2v) is 3.71. The molecule has 0 aliphatic heterocycles. The second kappa shape index (κ2) is 5.80. The van der Waals surface area contributed by atoms with Crippen molar-refractivity contribution in [3.05, 3.63) is 35.1 Å². The van der Waals surface area contributed by atoms with E-state index in [9.17, 15) is 4.39 Å². The third-order valence-corrected chi connectivity index (χ3v) is 2.26. The summed E-state index contributed by atoms with van der Waals surface area (Å²) in [7, 11) is 0. The van der Waals surface area contributed by atoms with Crippen LogP contribution in [0.25, 0.3) is 0 Å². The van der Waals surface area contributed by atoms with E-state index in [0.717, 1.165) is 5.56 Å². The Morgan fingerprint density at radius 2 is 2.20 bits per heavy atom. The summed E-state index contributed by atoms with van der Waals surface area (Å²) in [5, 5.41) is 3.17. The van der Waals surface area contributed by atoms with Crippen molar-refractivity contribution in [1.29, 1.82) is 0 Å². The number of hydrogen-bond donors (Lipinski definition) is 3. The normalized spacial score (nSPS) is 12.8. The first-order valence-corrected chi connectivity index (χ1v) is 5.05. The van der Waals surface area contributed by atoms with E-state index in [1.807, 2.05) is 6.07 Å². The van der Waals surface area contributed by atoms with Gasteiger partial charge in [-0.15, -0.1) is 0 Å². The maximum atomic E-state index is 12.9. The number of aryl methyl sites for hydroxylation is 1. The lowest BCUT2D eigenvalue weighted by Crippen LogP contribution is -2.39. The maximum Gasteiger partial charge on any atom is 0.126 e. The molecular formula is C11H18FN3. The zero-order valence-corrected chi connectivity index (χ0v) is 8.96. The summed E-state index contributed by atoms with van der Waals surface area (Å²) in [4.78, 5) is 0. The van der Waals surface area contributed by atoms with Crippen LogP contribution in [0.4, 0.5) is 4.39 Å². The Labute approximate surface area is 89.7 Å². The Kier molecular flexibility index (Phi) is 4.68. The summed E-state index contributed by atoms with van der Waals surface area (Å²) in [6.07, 6.45) is 0. The fourth-order valence-corrected chi connectivity index (χ4v) is 1.30. The van der Waals surface area contributed by atoms with Crippen molar-refractivity contribution in [2.75, 3.05) is 13.1 Å².